The minimum absolute atomic E-state index is 0.576. The first-order valence-corrected chi connectivity index (χ1v) is 3.26. The van der Waals surface area contributed by atoms with E-state index in [4.69, 9.17) is 0 Å². The summed E-state index contributed by atoms with van der Waals surface area (Å²) in [4.78, 5) is 0. The summed E-state index contributed by atoms with van der Waals surface area (Å²) in [5, 5.41) is 0. The number of halogens is 2. The lowest BCUT2D eigenvalue weighted by Crippen LogP contribution is -2.14. The van der Waals surface area contributed by atoms with Gasteiger partial charge >= 0.3 is 0 Å². The van der Waals surface area contributed by atoms with Crippen LogP contribution in [0.3, 0.4) is 0 Å². The van der Waals surface area contributed by atoms with Gasteiger partial charge in [0.05, 0.1) is 0 Å². The van der Waals surface area contributed by atoms with Crippen molar-refractivity contribution in [1.29, 1.82) is 0 Å². The molecule has 0 unspecified atom stereocenters. The minimum atomic E-state index is -0.726. The molecule has 0 heterocycles. The maximum absolute atomic E-state index is 12.8. The smallest absolute Gasteiger partial charge is 0.154 e. The van der Waals surface area contributed by atoms with Crippen molar-refractivity contribution in [3.63, 3.8) is 0 Å². The van der Waals surface area contributed by atoms with E-state index in [0.717, 1.165) is 0 Å². The van der Waals surface area contributed by atoms with Gasteiger partial charge in [-0.2, -0.15) is 0 Å². The van der Waals surface area contributed by atoms with Crippen molar-refractivity contribution in [1.82, 2.24) is 0 Å². The molecule has 0 spiro atoms. The monoisotopic (exact) mass is 144 g/mol. The van der Waals surface area contributed by atoms with Crippen LogP contribution in [0.15, 0.2) is 23.8 Å². The number of allylic oxidation sites excluding steroid dienone is 4. The maximum atomic E-state index is 12.8. The van der Waals surface area contributed by atoms with Crippen molar-refractivity contribution in [2.45, 2.75) is 20.3 Å². The van der Waals surface area contributed by atoms with E-state index in [1.807, 2.05) is 0 Å². The first-order valence-electron chi connectivity index (χ1n) is 3.26. The van der Waals surface area contributed by atoms with Crippen LogP contribution in [0, 0.1) is 5.41 Å². The molecule has 0 aromatic heterocycles. The Morgan fingerprint density at radius 3 is 2.40 bits per heavy atom. The van der Waals surface area contributed by atoms with Gasteiger partial charge in [-0.1, -0.05) is 19.9 Å². The third-order valence-electron chi connectivity index (χ3n) is 1.70. The van der Waals surface area contributed by atoms with Gasteiger partial charge in [-0.05, 0) is 12.5 Å². The normalized spacial score (nSPS) is 23.6. The fraction of sp³-hybridized carbons (Fsp3) is 0.500. The van der Waals surface area contributed by atoms with Gasteiger partial charge in [0.2, 0.25) is 0 Å². The third kappa shape index (κ3) is 1.11. The lowest BCUT2D eigenvalue weighted by Gasteiger charge is -2.23. The van der Waals surface area contributed by atoms with Crippen LogP contribution >= 0.6 is 0 Å². The number of hydrogen-bond acceptors (Lipinski definition) is 0. The summed E-state index contributed by atoms with van der Waals surface area (Å²) >= 11 is 0. The van der Waals surface area contributed by atoms with E-state index in [2.05, 4.69) is 0 Å². The van der Waals surface area contributed by atoms with Crippen molar-refractivity contribution < 1.29 is 8.78 Å². The van der Waals surface area contributed by atoms with Gasteiger partial charge < -0.3 is 0 Å². The van der Waals surface area contributed by atoms with Crippen LogP contribution in [-0.4, -0.2) is 0 Å². The molecule has 0 aliphatic heterocycles. The summed E-state index contributed by atoms with van der Waals surface area (Å²) in [5.74, 6) is -1.36. The molecule has 0 nitrogen and oxygen atoms in total. The summed E-state index contributed by atoms with van der Waals surface area (Å²) in [6.07, 6.45) is 3.41. The van der Waals surface area contributed by atoms with Crippen LogP contribution < -0.4 is 0 Å². The molecule has 0 fully saturated rings. The van der Waals surface area contributed by atoms with Crippen LogP contribution in [0.2, 0.25) is 0 Å². The van der Waals surface area contributed by atoms with Crippen LogP contribution in [0.4, 0.5) is 8.78 Å². The second kappa shape index (κ2) is 2.19. The van der Waals surface area contributed by atoms with Crippen molar-refractivity contribution >= 4 is 0 Å². The highest BCUT2D eigenvalue weighted by molar-refractivity contribution is 5.25. The summed E-state index contributed by atoms with van der Waals surface area (Å²) in [6, 6.07) is 0. The van der Waals surface area contributed by atoms with Crippen LogP contribution in [0.1, 0.15) is 20.3 Å². The minimum Gasteiger partial charge on any atom is -0.208 e. The van der Waals surface area contributed by atoms with Gasteiger partial charge in [0.15, 0.2) is 5.83 Å². The molecule has 1 aliphatic rings. The van der Waals surface area contributed by atoms with Gasteiger partial charge in [-0.25, -0.2) is 8.78 Å². The Morgan fingerprint density at radius 2 is 2.00 bits per heavy atom. The second-order valence-corrected chi connectivity index (χ2v) is 3.15. The van der Waals surface area contributed by atoms with Gasteiger partial charge in [0.1, 0.15) is 5.83 Å². The number of rotatable bonds is 0. The van der Waals surface area contributed by atoms with E-state index >= 15 is 0 Å². The number of hydrogen-bond donors (Lipinski definition) is 0. The highest BCUT2D eigenvalue weighted by atomic mass is 19.2. The van der Waals surface area contributed by atoms with E-state index in [-0.39, 0.29) is 0 Å². The van der Waals surface area contributed by atoms with Gasteiger partial charge in [-0.3, -0.25) is 0 Å². The lowest BCUT2D eigenvalue weighted by atomic mass is 9.84. The molecule has 0 amide bonds. The van der Waals surface area contributed by atoms with Crippen molar-refractivity contribution in [3.8, 4) is 0 Å². The van der Waals surface area contributed by atoms with Crippen molar-refractivity contribution in [2.24, 2.45) is 5.41 Å². The molecule has 0 saturated carbocycles. The molecular weight excluding hydrogens is 134 g/mol. The van der Waals surface area contributed by atoms with Gasteiger partial charge in [0, 0.05) is 5.41 Å². The van der Waals surface area contributed by atoms with Crippen molar-refractivity contribution in [3.05, 3.63) is 23.8 Å². The zero-order valence-corrected chi connectivity index (χ0v) is 6.12. The van der Waals surface area contributed by atoms with Crippen LogP contribution in [-0.2, 0) is 0 Å². The molecule has 0 radical (unpaired) electrons. The third-order valence-corrected chi connectivity index (χ3v) is 1.70. The Balaban J connectivity index is 2.99. The molecule has 0 aromatic carbocycles. The molecule has 10 heavy (non-hydrogen) atoms. The predicted octanol–water partition coefficient (Wildman–Crippen LogP) is 3.12. The van der Waals surface area contributed by atoms with E-state index in [1.54, 1.807) is 19.9 Å². The standard InChI is InChI=1S/C8H10F2/c1-8(2)5-3-4-6(9)7(8)10/h3-4H,5H2,1-2H3. The van der Waals surface area contributed by atoms with Gasteiger partial charge in [0.25, 0.3) is 0 Å². The summed E-state index contributed by atoms with van der Waals surface area (Å²) in [5.41, 5.74) is -0.640. The molecule has 0 N–H and O–H groups in total. The Bertz CT molecular complexity index is 199. The average Bonchev–Trinajstić information content (AvgIpc) is 1.83. The summed E-state index contributed by atoms with van der Waals surface area (Å²) in [6.45, 7) is 3.37. The first kappa shape index (κ1) is 7.45. The highest BCUT2D eigenvalue weighted by Crippen LogP contribution is 2.37. The molecule has 1 rings (SSSR count). The Morgan fingerprint density at radius 1 is 1.40 bits per heavy atom. The molecule has 0 atom stereocenters. The summed E-state index contributed by atoms with van der Waals surface area (Å²) < 4.78 is 25.3. The molecule has 0 saturated heterocycles. The molecule has 56 valence electrons. The topological polar surface area (TPSA) is 0 Å². The maximum Gasteiger partial charge on any atom is 0.154 e. The van der Waals surface area contributed by atoms with E-state index in [9.17, 15) is 8.78 Å². The predicted molar refractivity (Wildman–Crippen MR) is 36.8 cm³/mol. The Labute approximate surface area is 59.2 Å². The molecular formula is C8H10F2. The zero-order valence-electron chi connectivity index (χ0n) is 6.12. The lowest BCUT2D eigenvalue weighted by molar-refractivity contribution is 0.325. The fourth-order valence-electron chi connectivity index (χ4n) is 0.943. The molecule has 0 aromatic rings. The Kier molecular flexibility index (Phi) is 1.63. The first-order chi connectivity index (χ1) is 4.54. The van der Waals surface area contributed by atoms with Gasteiger partial charge in [-0.15, -0.1) is 0 Å². The quantitative estimate of drug-likeness (QED) is 0.490. The zero-order chi connectivity index (χ0) is 7.78. The van der Waals surface area contributed by atoms with Crippen molar-refractivity contribution in [2.75, 3.05) is 0 Å². The average molecular weight is 144 g/mol. The molecule has 0 bridgehead atoms. The fourth-order valence-corrected chi connectivity index (χ4v) is 0.943. The second-order valence-electron chi connectivity index (χ2n) is 3.15. The largest absolute Gasteiger partial charge is 0.208 e. The van der Waals surface area contributed by atoms with E-state index in [1.165, 1.54) is 6.08 Å². The molecule has 2 heteroatoms. The Hall–Kier alpha value is -0.660. The van der Waals surface area contributed by atoms with E-state index in [0.29, 0.717) is 6.42 Å². The molecule has 1 aliphatic carbocycles. The SMILES string of the molecule is CC1(C)CC=CC(F)=C1F. The van der Waals surface area contributed by atoms with E-state index < -0.39 is 17.1 Å². The van der Waals surface area contributed by atoms with Crippen LogP contribution in [0.25, 0.3) is 0 Å². The van der Waals surface area contributed by atoms with Crippen LogP contribution in [0.5, 0.6) is 0 Å². The summed E-state index contributed by atoms with van der Waals surface area (Å²) in [7, 11) is 0. The highest BCUT2D eigenvalue weighted by Gasteiger charge is 2.27.